The molecule has 127 heavy (non-hydrogen) atoms. The molecule has 4 amide bonds. The molecule has 688 valence electrons. The Morgan fingerprint density at radius 3 is 0.937 bits per heavy atom. The molecule has 23 heteroatoms. The van der Waals surface area contributed by atoms with E-state index in [0.717, 1.165) is 93.1 Å². The number of nitrogens with one attached hydrogen (secondary N) is 4. The van der Waals surface area contributed by atoms with Crippen LogP contribution < -0.4 is 67.1 Å². The largest absolute Gasteiger partial charge is 0.345 e. The number of carbonyl (C=O) groups excluding carboxylic acids is 8. The molecule has 0 spiro atoms. The number of alkyl halides is 2. The van der Waals surface area contributed by atoms with Gasteiger partial charge in [0.2, 0.25) is 23.6 Å². The Hall–Kier alpha value is -11.0. The van der Waals surface area contributed by atoms with E-state index >= 15 is 0 Å². The molecule has 0 radical (unpaired) electrons. The number of aryl methyl sites for hydroxylation is 4. The molecular formula is C104H143F3N12O8. The van der Waals surface area contributed by atoms with Crippen molar-refractivity contribution in [3.8, 4) is 22.3 Å². The van der Waals surface area contributed by atoms with Gasteiger partial charge >= 0.3 is 0 Å². The van der Waals surface area contributed by atoms with E-state index in [1.165, 1.54) is 0 Å². The highest BCUT2D eigenvalue weighted by atomic mass is 19.3. The molecular weight excluding hydrogens is 1600 g/mol. The molecule has 0 unspecified atom stereocenters. The molecule has 8 atom stereocenters. The summed E-state index contributed by atoms with van der Waals surface area (Å²) >= 11 is 0. The van der Waals surface area contributed by atoms with Crippen molar-refractivity contribution in [2.45, 2.75) is 239 Å². The van der Waals surface area contributed by atoms with Gasteiger partial charge in [0.05, 0.1) is 48.3 Å². The van der Waals surface area contributed by atoms with Crippen LogP contribution in [0.25, 0.3) is 22.3 Å². The first kappa shape index (κ1) is 110. The molecule has 20 nitrogen and oxygen atoms in total. The molecule has 0 aliphatic rings. The van der Waals surface area contributed by atoms with Crippen molar-refractivity contribution in [3.05, 3.63) is 299 Å². The van der Waals surface area contributed by atoms with Crippen molar-refractivity contribution in [2.24, 2.45) is 51.8 Å². The highest BCUT2D eigenvalue weighted by molar-refractivity contribution is 5.94. The summed E-state index contributed by atoms with van der Waals surface area (Å²) in [6.07, 6.45) is 11.5. The van der Waals surface area contributed by atoms with E-state index in [1.807, 2.05) is 218 Å². The van der Waals surface area contributed by atoms with Gasteiger partial charge in [-0.05, 0) is 215 Å². The van der Waals surface area contributed by atoms with Gasteiger partial charge in [0.15, 0.2) is 23.1 Å². The van der Waals surface area contributed by atoms with Crippen molar-refractivity contribution in [1.82, 2.24) is 21.3 Å². The van der Waals surface area contributed by atoms with Gasteiger partial charge in [-0.15, -0.1) is 0 Å². The van der Waals surface area contributed by atoms with Crippen LogP contribution >= 0.6 is 0 Å². The molecule has 0 aromatic heterocycles. The molecule has 20 N–H and O–H groups in total. The topological polar surface area (TPSA) is 393 Å². The number of carbonyl (C=O) groups is 8. The minimum absolute atomic E-state index is 0. The van der Waals surface area contributed by atoms with Crippen LogP contribution in [-0.2, 0) is 89.2 Å². The Balaban J connectivity index is 0.000000435. The maximum atomic E-state index is 14.2. The third-order valence-corrected chi connectivity index (χ3v) is 21.3. The van der Waals surface area contributed by atoms with Crippen molar-refractivity contribution >= 4 is 46.8 Å². The van der Waals surface area contributed by atoms with E-state index in [2.05, 4.69) is 47.2 Å². The molecule has 0 heterocycles. The SMILES string of the molecule is C.C.C.CC(C)CCCC(=O)[C@@H](CCc1ccccc1)NC(=O)[C@@H](N)CCCN.CC(F)(F)c1ccc(F)c(CC(=O)[C@@H](CCc2ccccc2)NC(=O)[C@@H](N)CCCN)c1.NCCC[C@H](N)C(=O)N[C@H](CCc1ccccc1)C(=O)Cc1ccc(-c2ccccc2)cc1.NCCC[C@H](N)C(=O)N[C@H](CCc1ccccc1)C(=O)Cc1cccc(-c2ccccc2)c1. The van der Waals surface area contributed by atoms with Gasteiger partial charge in [-0.3, -0.25) is 38.4 Å². The summed E-state index contributed by atoms with van der Waals surface area (Å²) in [7, 11) is 0. The normalized spacial score (nSPS) is 12.7. The summed E-state index contributed by atoms with van der Waals surface area (Å²) < 4.78 is 41.5. The zero-order valence-corrected chi connectivity index (χ0v) is 72.3. The van der Waals surface area contributed by atoms with E-state index in [-0.39, 0.29) is 87.7 Å². The van der Waals surface area contributed by atoms with Crippen LogP contribution in [0.1, 0.15) is 184 Å². The summed E-state index contributed by atoms with van der Waals surface area (Å²) in [5.41, 5.74) is 55.9. The second-order valence-electron chi connectivity index (χ2n) is 32.0. The standard InChI is InChI=1S/2C28H33N3O2.C24H30F3N3O2.C21H35N3O2.3CH4/c29-18-8-15-25(30)28(33)31-26(17-16-21-9-3-1-4-10-21)27(32)20-22-11-7-14-24(19-22)23-12-5-2-6-13-23;29-19-7-12-25(30)28(33)31-26(18-15-21-8-3-1-4-9-21)27(32)20-22-13-16-24(17-14-22)23-10-5-2-6-11-23;1-24(26,27)18-10-11-19(25)17(14-18)15-22(31)21(12-9-16-6-3-2-4-7-16)30-23(32)20(29)8-5-13-28;1-16(2)8-6-12-20(25)19(14-13-17-9-4-3-5-10-17)24-21(26)18(23)11-7-15-22;;;/h1-7,9-14,19,25-26H,8,15-18,20,29-30H2,(H,31,33);1-6,8-11,13-14,16-17,25-26H,7,12,15,18-20,29-30H2,(H,31,33);2-4,6-7,10-11,14,20-21H,5,8-9,12-13,15,28-29H2,1H3,(H,30,32);3-5,9-10,16,18-19H,6-8,11-15,22-23H2,1-2H3,(H,24,26);3*1H4/t2*25-,26+;20-,21+;18-,19+;;;/m0000.../s1. The smallest absolute Gasteiger partial charge is 0.270 e. The van der Waals surface area contributed by atoms with Crippen LogP contribution in [0.2, 0.25) is 0 Å². The molecule has 0 saturated carbocycles. The van der Waals surface area contributed by atoms with Crippen molar-refractivity contribution < 1.29 is 51.5 Å². The first-order chi connectivity index (χ1) is 59.7. The van der Waals surface area contributed by atoms with Gasteiger partial charge in [-0.2, -0.15) is 0 Å². The second kappa shape index (κ2) is 61.4. The third kappa shape index (κ3) is 42.5. The van der Waals surface area contributed by atoms with Gasteiger partial charge < -0.3 is 67.1 Å². The van der Waals surface area contributed by atoms with Gasteiger partial charge in [0.1, 0.15) is 5.82 Å². The fraction of sp³-hybridized carbons (Fsp3) is 0.404. The Bertz CT molecular complexity index is 4610. The average molecular weight is 1750 g/mol. The molecule has 0 aliphatic carbocycles. The van der Waals surface area contributed by atoms with Crippen LogP contribution in [0, 0.1) is 11.7 Å². The summed E-state index contributed by atoms with van der Waals surface area (Å²) in [5.74, 6) is -5.11. The fourth-order valence-corrected chi connectivity index (χ4v) is 13.8. The fourth-order valence-electron chi connectivity index (χ4n) is 13.8. The van der Waals surface area contributed by atoms with Crippen molar-refractivity contribution in [3.63, 3.8) is 0 Å². The lowest BCUT2D eigenvalue weighted by Gasteiger charge is -2.21. The zero-order valence-electron chi connectivity index (χ0n) is 72.3. The number of rotatable bonds is 49. The summed E-state index contributed by atoms with van der Waals surface area (Å²) in [6.45, 7) is 6.86. The Morgan fingerprint density at radius 2 is 0.606 bits per heavy atom. The number of ketones is 4. The van der Waals surface area contributed by atoms with Crippen LogP contribution in [0.4, 0.5) is 13.2 Å². The quantitative estimate of drug-likeness (QED) is 0.0168. The summed E-state index contributed by atoms with van der Waals surface area (Å²) in [5, 5.41) is 11.3. The maximum Gasteiger partial charge on any atom is 0.270 e. The highest BCUT2D eigenvalue weighted by Gasteiger charge is 2.31. The molecule has 0 saturated heterocycles. The lowest BCUT2D eigenvalue weighted by molar-refractivity contribution is -0.128. The van der Waals surface area contributed by atoms with E-state index in [4.69, 9.17) is 45.9 Å². The van der Waals surface area contributed by atoms with Crippen LogP contribution in [0.5, 0.6) is 0 Å². The number of amides is 4. The predicted octanol–water partition coefficient (Wildman–Crippen LogP) is 15.0. The molecule has 9 aromatic carbocycles. The van der Waals surface area contributed by atoms with E-state index < -0.39 is 78.2 Å². The number of Topliss-reactive ketones (excluding diaryl/α,β-unsaturated/α-hetero) is 4. The summed E-state index contributed by atoms with van der Waals surface area (Å²) in [6, 6.07) is 73.0. The molecule has 0 fully saturated rings. The van der Waals surface area contributed by atoms with E-state index in [9.17, 15) is 51.5 Å². The third-order valence-electron chi connectivity index (χ3n) is 21.3. The second-order valence-corrected chi connectivity index (χ2v) is 32.0. The van der Waals surface area contributed by atoms with E-state index in [1.54, 1.807) is 0 Å². The Morgan fingerprint density at radius 1 is 0.315 bits per heavy atom. The van der Waals surface area contributed by atoms with Gasteiger partial charge in [-0.1, -0.05) is 279 Å². The molecule has 9 aromatic rings. The number of halogens is 3. The average Bonchev–Trinajstić information content (AvgIpc) is 0.822. The monoisotopic (exact) mass is 1750 g/mol. The first-order valence-electron chi connectivity index (χ1n) is 43.4. The Labute approximate surface area is 753 Å². The molecule has 0 aliphatic heterocycles. The summed E-state index contributed by atoms with van der Waals surface area (Å²) in [4.78, 5) is 102. The number of hydrogen-bond acceptors (Lipinski definition) is 16. The predicted molar refractivity (Wildman–Crippen MR) is 512 cm³/mol. The van der Waals surface area contributed by atoms with Crippen molar-refractivity contribution in [2.75, 3.05) is 26.2 Å². The minimum Gasteiger partial charge on any atom is -0.345 e. The van der Waals surface area contributed by atoms with Gasteiger partial charge in [-0.25, -0.2) is 13.2 Å². The zero-order chi connectivity index (χ0) is 90.0. The van der Waals surface area contributed by atoms with Crippen LogP contribution in [-0.4, -0.2) is 121 Å². The van der Waals surface area contributed by atoms with Crippen LogP contribution in [0.3, 0.4) is 0 Å². The number of nitrogens with two attached hydrogens (primary N) is 8. The maximum absolute atomic E-state index is 14.2. The first-order valence-corrected chi connectivity index (χ1v) is 43.4. The molecule has 9 rings (SSSR count). The van der Waals surface area contributed by atoms with E-state index in [0.29, 0.717) is 135 Å². The highest BCUT2D eigenvalue weighted by Crippen LogP contribution is 2.30. The number of hydrogen-bond donors (Lipinski definition) is 12. The lowest BCUT2D eigenvalue weighted by atomic mass is 9.95. The Kier molecular flexibility index (Phi) is 53.3. The lowest BCUT2D eigenvalue weighted by Crippen LogP contribution is -2.49. The van der Waals surface area contributed by atoms with Gasteiger partial charge in [0, 0.05) is 38.2 Å². The van der Waals surface area contributed by atoms with Crippen molar-refractivity contribution in [1.29, 1.82) is 0 Å². The molecule has 0 bridgehead atoms. The van der Waals surface area contributed by atoms with Gasteiger partial charge in [0.25, 0.3) is 5.92 Å². The van der Waals surface area contributed by atoms with Crippen LogP contribution in [0.15, 0.2) is 249 Å². The number of benzene rings is 9. The minimum atomic E-state index is -3.16.